The first-order valence-electron chi connectivity index (χ1n) is 6.16. The van der Waals surface area contributed by atoms with Crippen molar-refractivity contribution in [2.24, 2.45) is 5.73 Å². The molecule has 112 valence electrons. The molecular formula is C13H18Cl2N2O2S. The monoisotopic (exact) mass is 336 g/mol. The summed E-state index contributed by atoms with van der Waals surface area (Å²) in [6.45, 7) is 1.48. The summed E-state index contributed by atoms with van der Waals surface area (Å²) in [4.78, 5) is 13.7. The third-order valence-electron chi connectivity index (χ3n) is 2.66. The fourth-order valence-electron chi connectivity index (χ4n) is 1.58. The lowest BCUT2D eigenvalue weighted by molar-refractivity contribution is -0.137. The van der Waals surface area contributed by atoms with E-state index in [1.54, 1.807) is 0 Å². The molecule has 1 aromatic rings. The molecule has 0 bridgehead atoms. The molecule has 0 spiro atoms. The summed E-state index contributed by atoms with van der Waals surface area (Å²) in [5.74, 6) is 0.452. The van der Waals surface area contributed by atoms with Crippen molar-refractivity contribution in [3.05, 3.63) is 24.3 Å². The molecule has 0 saturated carbocycles. The predicted octanol–water partition coefficient (Wildman–Crippen LogP) is 2.47. The van der Waals surface area contributed by atoms with Gasteiger partial charge in [0.15, 0.2) is 0 Å². The lowest BCUT2D eigenvalue weighted by Gasteiger charge is -2.23. The van der Waals surface area contributed by atoms with Gasteiger partial charge in [-0.2, -0.15) is 0 Å². The van der Waals surface area contributed by atoms with Crippen LogP contribution in [0.2, 0.25) is 0 Å². The topological polar surface area (TPSA) is 66.6 Å². The Bertz CT molecular complexity index is 411. The minimum atomic E-state index is -0.982. The Morgan fingerprint density at radius 2 is 1.80 bits per heavy atom. The van der Waals surface area contributed by atoms with E-state index in [0.717, 1.165) is 23.7 Å². The normalized spacial score (nSPS) is 12.2. The van der Waals surface area contributed by atoms with Crippen molar-refractivity contribution in [2.75, 3.05) is 35.5 Å². The number of carboxylic acids is 1. The summed E-state index contributed by atoms with van der Waals surface area (Å²) < 4.78 is 0. The molecule has 0 saturated heterocycles. The van der Waals surface area contributed by atoms with Crippen LogP contribution in [0.4, 0.5) is 5.69 Å². The maximum Gasteiger partial charge on any atom is 0.321 e. The number of alkyl halides is 2. The van der Waals surface area contributed by atoms with Crippen LogP contribution < -0.4 is 10.6 Å². The highest BCUT2D eigenvalue weighted by molar-refractivity contribution is 7.99. The van der Waals surface area contributed by atoms with E-state index in [9.17, 15) is 4.79 Å². The quantitative estimate of drug-likeness (QED) is 0.535. The van der Waals surface area contributed by atoms with Gasteiger partial charge < -0.3 is 15.7 Å². The van der Waals surface area contributed by atoms with Crippen molar-refractivity contribution in [1.82, 2.24) is 0 Å². The molecule has 0 aliphatic carbocycles. The zero-order chi connectivity index (χ0) is 15.0. The maximum absolute atomic E-state index is 10.6. The molecule has 1 rings (SSSR count). The largest absolute Gasteiger partial charge is 0.480 e. The van der Waals surface area contributed by atoms with Gasteiger partial charge in [-0.3, -0.25) is 4.79 Å². The first-order valence-corrected chi connectivity index (χ1v) is 8.22. The molecule has 0 amide bonds. The third kappa shape index (κ3) is 5.79. The summed E-state index contributed by atoms with van der Waals surface area (Å²) in [5, 5.41) is 8.73. The third-order valence-corrected chi connectivity index (χ3v) is 4.13. The highest BCUT2D eigenvalue weighted by atomic mass is 35.5. The summed E-state index contributed by atoms with van der Waals surface area (Å²) in [5.41, 5.74) is 6.52. The molecule has 3 N–H and O–H groups in total. The number of hydrogen-bond acceptors (Lipinski definition) is 4. The number of hydrogen-bond donors (Lipinski definition) is 2. The molecule has 0 aliphatic heterocycles. The maximum atomic E-state index is 10.6. The van der Waals surface area contributed by atoms with E-state index in [0.29, 0.717) is 17.5 Å². The molecule has 4 nitrogen and oxygen atoms in total. The van der Waals surface area contributed by atoms with Gasteiger partial charge in [-0.15, -0.1) is 35.0 Å². The number of rotatable bonds is 9. The van der Waals surface area contributed by atoms with Gasteiger partial charge in [-0.05, 0) is 24.3 Å². The molecule has 1 atom stereocenters. The molecule has 1 aromatic carbocycles. The van der Waals surface area contributed by atoms with E-state index >= 15 is 0 Å². The van der Waals surface area contributed by atoms with E-state index in [4.69, 9.17) is 34.0 Å². The van der Waals surface area contributed by atoms with Crippen LogP contribution in [0.15, 0.2) is 29.2 Å². The Morgan fingerprint density at radius 1 is 1.25 bits per heavy atom. The summed E-state index contributed by atoms with van der Waals surface area (Å²) >= 11 is 13.0. The summed E-state index contributed by atoms with van der Waals surface area (Å²) in [7, 11) is 0. The zero-order valence-electron chi connectivity index (χ0n) is 11.0. The van der Waals surface area contributed by atoms with Crippen molar-refractivity contribution in [2.45, 2.75) is 10.9 Å². The lowest BCUT2D eigenvalue weighted by atomic mass is 10.3. The summed E-state index contributed by atoms with van der Waals surface area (Å²) in [6.07, 6.45) is 0. The van der Waals surface area contributed by atoms with Crippen LogP contribution >= 0.6 is 35.0 Å². The first kappa shape index (κ1) is 17.4. The Morgan fingerprint density at radius 3 is 2.25 bits per heavy atom. The first-order chi connectivity index (χ1) is 9.58. The average Bonchev–Trinajstić information content (AvgIpc) is 2.45. The SMILES string of the molecule is NC(CSc1ccc(N(CCCl)CCCl)cc1)C(=O)O. The number of carboxylic acid groups (broad SMARTS) is 1. The van der Waals surface area contributed by atoms with Crippen molar-refractivity contribution >= 4 is 46.6 Å². The van der Waals surface area contributed by atoms with E-state index in [-0.39, 0.29) is 0 Å². The molecule has 0 aliphatic rings. The number of anilines is 1. The minimum Gasteiger partial charge on any atom is -0.480 e. The average molecular weight is 337 g/mol. The number of halogens is 2. The minimum absolute atomic E-state index is 0.349. The molecule has 0 heterocycles. The van der Waals surface area contributed by atoms with E-state index in [1.165, 1.54) is 11.8 Å². The molecule has 20 heavy (non-hydrogen) atoms. The Labute approximate surface area is 133 Å². The Hall–Kier alpha value is -0.620. The second kappa shape index (κ2) is 9.34. The van der Waals surface area contributed by atoms with Crippen molar-refractivity contribution in [3.8, 4) is 0 Å². The highest BCUT2D eigenvalue weighted by Gasteiger charge is 2.11. The van der Waals surface area contributed by atoms with Gasteiger partial charge in [0.25, 0.3) is 0 Å². The standard InChI is InChI=1S/C13H18Cl2N2O2S/c14-5-7-17(8-6-15)10-1-3-11(4-2-10)20-9-12(16)13(18)19/h1-4,12H,5-9,16H2,(H,18,19). The molecular weight excluding hydrogens is 319 g/mol. The number of thioether (sulfide) groups is 1. The van der Waals surface area contributed by atoms with Crippen LogP contribution in [0.3, 0.4) is 0 Å². The number of nitrogens with two attached hydrogens (primary N) is 1. The Kier molecular flexibility index (Phi) is 8.14. The molecule has 0 radical (unpaired) electrons. The number of benzene rings is 1. The number of nitrogens with zero attached hydrogens (tertiary/aromatic N) is 1. The van der Waals surface area contributed by atoms with Crippen LogP contribution in [0.25, 0.3) is 0 Å². The van der Waals surface area contributed by atoms with Gasteiger partial charge in [0.2, 0.25) is 0 Å². The summed E-state index contributed by atoms with van der Waals surface area (Å²) in [6, 6.07) is 7.01. The highest BCUT2D eigenvalue weighted by Crippen LogP contribution is 2.23. The van der Waals surface area contributed by atoms with Gasteiger partial charge in [0, 0.05) is 41.2 Å². The van der Waals surface area contributed by atoms with Gasteiger partial charge >= 0.3 is 5.97 Å². The Balaban J connectivity index is 2.60. The van der Waals surface area contributed by atoms with Crippen molar-refractivity contribution < 1.29 is 9.90 Å². The molecule has 7 heteroatoms. The second-order valence-corrected chi connectivity index (χ2v) is 5.96. The lowest BCUT2D eigenvalue weighted by Crippen LogP contribution is -2.32. The van der Waals surface area contributed by atoms with Crippen LogP contribution in [0.1, 0.15) is 0 Å². The van der Waals surface area contributed by atoms with E-state index in [2.05, 4.69) is 4.90 Å². The van der Waals surface area contributed by atoms with E-state index in [1.807, 2.05) is 24.3 Å². The van der Waals surface area contributed by atoms with Crippen molar-refractivity contribution in [1.29, 1.82) is 0 Å². The second-order valence-electron chi connectivity index (χ2n) is 4.11. The molecule has 0 aromatic heterocycles. The van der Waals surface area contributed by atoms with Gasteiger partial charge in [0.1, 0.15) is 6.04 Å². The fourth-order valence-corrected chi connectivity index (χ4v) is 2.84. The van der Waals surface area contributed by atoms with Crippen molar-refractivity contribution in [3.63, 3.8) is 0 Å². The smallest absolute Gasteiger partial charge is 0.321 e. The zero-order valence-corrected chi connectivity index (χ0v) is 13.3. The van der Waals surface area contributed by atoms with Gasteiger partial charge in [0.05, 0.1) is 0 Å². The molecule has 1 unspecified atom stereocenters. The number of carbonyl (C=O) groups is 1. The predicted molar refractivity (Wildman–Crippen MR) is 86.4 cm³/mol. The van der Waals surface area contributed by atoms with Crippen LogP contribution in [-0.4, -0.2) is 47.7 Å². The van der Waals surface area contributed by atoms with E-state index < -0.39 is 12.0 Å². The van der Waals surface area contributed by atoms with Gasteiger partial charge in [-0.1, -0.05) is 0 Å². The fraction of sp³-hybridized carbons (Fsp3) is 0.462. The molecule has 0 fully saturated rings. The van der Waals surface area contributed by atoms with Crippen LogP contribution in [0, 0.1) is 0 Å². The van der Waals surface area contributed by atoms with Crippen LogP contribution in [0.5, 0.6) is 0 Å². The van der Waals surface area contributed by atoms with Gasteiger partial charge in [-0.25, -0.2) is 0 Å². The number of aliphatic carboxylic acids is 1. The van der Waals surface area contributed by atoms with Crippen LogP contribution in [-0.2, 0) is 4.79 Å².